The van der Waals surface area contributed by atoms with Crippen molar-refractivity contribution in [1.29, 1.82) is 0 Å². The number of rotatable bonds is 6. The molecule has 11 heteroatoms. The second kappa shape index (κ2) is 8.17. The highest BCUT2D eigenvalue weighted by atomic mass is 19.4. The van der Waals surface area contributed by atoms with Crippen LogP contribution in [0.15, 0.2) is 48.8 Å². The largest absolute Gasteiger partial charge is 0.462 e. The fraction of sp³-hybridized carbons (Fsp3) is 0.222. The first-order chi connectivity index (χ1) is 13.8. The third-order valence-corrected chi connectivity index (χ3v) is 3.76. The lowest BCUT2D eigenvalue weighted by Crippen LogP contribution is -2.23. The number of halogens is 3. The number of carbonyl (C=O) groups is 2. The Morgan fingerprint density at radius 2 is 1.90 bits per heavy atom. The summed E-state index contributed by atoms with van der Waals surface area (Å²) in [5.74, 6) is -1.34. The average molecular weight is 407 g/mol. The van der Waals surface area contributed by atoms with Crippen molar-refractivity contribution in [3.63, 3.8) is 0 Å². The van der Waals surface area contributed by atoms with Crippen LogP contribution in [0.5, 0.6) is 0 Å². The van der Waals surface area contributed by atoms with Gasteiger partial charge in [0.05, 0.1) is 18.5 Å². The molecule has 3 aromatic rings. The van der Waals surface area contributed by atoms with E-state index < -0.39 is 30.3 Å². The molecule has 2 aromatic heterocycles. The zero-order valence-electron chi connectivity index (χ0n) is 15.2. The second-order valence-corrected chi connectivity index (χ2v) is 5.82. The van der Waals surface area contributed by atoms with Gasteiger partial charge < -0.3 is 10.1 Å². The third kappa shape index (κ3) is 4.62. The Bertz CT molecular complexity index is 1010. The highest BCUT2D eigenvalue weighted by Crippen LogP contribution is 2.27. The molecule has 0 saturated carbocycles. The Hall–Kier alpha value is -3.63. The molecule has 0 aliphatic rings. The van der Waals surface area contributed by atoms with E-state index in [1.54, 1.807) is 37.3 Å². The van der Waals surface area contributed by atoms with E-state index in [0.717, 1.165) is 16.9 Å². The highest BCUT2D eigenvalue weighted by Gasteiger charge is 2.33. The maximum atomic E-state index is 12.7. The van der Waals surface area contributed by atoms with E-state index >= 15 is 0 Å². The highest BCUT2D eigenvalue weighted by molar-refractivity contribution is 6.00. The molecular weight excluding hydrogens is 391 g/mol. The Balaban J connectivity index is 1.86. The van der Waals surface area contributed by atoms with Gasteiger partial charge in [-0.25, -0.2) is 9.48 Å². The fourth-order valence-electron chi connectivity index (χ4n) is 2.51. The van der Waals surface area contributed by atoms with Crippen LogP contribution in [0.25, 0.3) is 5.69 Å². The molecule has 0 spiro atoms. The number of nitrogens with zero attached hydrogens (tertiary/aromatic N) is 4. The van der Waals surface area contributed by atoms with Crippen molar-refractivity contribution in [2.75, 3.05) is 11.9 Å². The number of aromatic nitrogens is 4. The van der Waals surface area contributed by atoms with E-state index in [1.165, 1.54) is 10.9 Å². The van der Waals surface area contributed by atoms with Gasteiger partial charge in [0.15, 0.2) is 11.5 Å². The van der Waals surface area contributed by atoms with Crippen molar-refractivity contribution in [2.45, 2.75) is 19.6 Å². The first kappa shape index (κ1) is 20.1. The standard InChI is InChI=1S/C18H16F3N5O3/c1-2-29-17(28)13-10-22-26(12-6-4-3-5-7-12)16(13)23-15(27)11-25-9-8-14(24-25)18(19,20)21/h3-10H,2,11H2,1H3,(H,23,27). The minimum Gasteiger partial charge on any atom is -0.462 e. The van der Waals surface area contributed by atoms with Crippen molar-refractivity contribution in [3.05, 3.63) is 60.0 Å². The molecule has 0 fully saturated rings. The molecule has 0 saturated heterocycles. The first-order valence-electron chi connectivity index (χ1n) is 8.50. The normalized spacial score (nSPS) is 11.3. The molecule has 0 radical (unpaired) electrons. The average Bonchev–Trinajstić information content (AvgIpc) is 3.30. The Labute approximate surface area is 162 Å². The van der Waals surface area contributed by atoms with E-state index in [1.807, 2.05) is 0 Å². The minimum atomic E-state index is -4.61. The van der Waals surface area contributed by atoms with Crippen LogP contribution in [0, 0.1) is 0 Å². The van der Waals surface area contributed by atoms with Crippen LogP contribution in [0.4, 0.5) is 19.0 Å². The number of para-hydroxylation sites is 1. The summed E-state index contributed by atoms with van der Waals surface area (Å²) < 4.78 is 45.1. The number of carbonyl (C=O) groups excluding carboxylic acids is 2. The van der Waals surface area contributed by atoms with Gasteiger partial charge in [0.25, 0.3) is 0 Å². The lowest BCUT2D eigenvalue weighted by Gasteiger charge is -2.11. The second-order valence-electron chi connectivity index (χ2n) is 5.82. The maximum Gasteiger partial charge on any atom is 0.435 e. The number of ether oxygens (including phenoxy) is 1. The molecule has 8 nitrogen and oxygen atoms in total. The lowest BCUT2D eigenvalue weighted by atomic mass is 10.3. The summed E-state index contributed by atoms with van der Waals surface area (Å²) in [7, 11) is 0. The lowest BCUT2D eigenvalue weighted by molar-refractivity contribution is -0.141. The van der Waals surface area contributed by atoms with Crippen LogP contribution in [0.2, 0.25) is 0 Å². The van der Waals surface area contributed by atoms with Gasteiger partial charge in [0, 0.05) is 6.20 Å². The zero-order chi connectivity index (χ0) is 21.0. The van der Waals surface area contributed by atoms with Crippen LogP contribution in [0.3, 0.4) is 0 Å². The summed E-state index contributed by atoms with van der Waals surface area (Å²) >= 11 is 0. The Kier molecular flexibility index (Phi) is 5.66. The van der Waals surface area contributed by atoms with Gasteiger partial charge >= 0.3 is 12.1 Å². The minimum absolute atomic E-state index is 0.0144. The van der Waals surface area contributed by atoms with E-state index in [-0.39, 0.29) is 18.0 Å². The summed E-state index contributed by atoms with van der Waals surface area (Å²) in [5.41, 5.74) is -0.524. The third-order valence-electron chi connectivity index (χ3n) is 3.76. The topological polar surface area (TPSA) is 91.0 Å². The molecular formula is C18H16F3N5O3. The number of nitrogens with one attached hydrogen (secondary N) is 1. The van der Waals surface area contributed by atoms with Gasteiger partial charge in [-0.05, 0) is 25.1 Å². The number of hydrogen-bond donors (Lipinski definition) is 1. The van der Waals surface area contributed by atoms with Gasteiger partial charge in [0.1, 0.15) is 12.1 Å². The van der Waals surface area contributed by atoms with Crippen molar-refractivity contribution in [2.24, 2.45) is 0 Å². The van der Waals surface area contributed by atoms with E-state index in [4.69, 9.17) is 4.74 Å². The molecule has 0 aliphatic heterocycles. The predicted molar refractivity (Wildman–Crippen MR) is 95.4 cm³/mol. The number of hydrogen-bond acceptors (Lipinski definition) is 5. The number of alkyl halides is 3. The van der Waals surface area contributed by atoms with E-state index in [9.17, 15) is 22.8 Å². The summed E-state index contributed by atoms with van der Waals surface area (Å²) in [5, 5.41) is 9.96. The number of benzene rings is 1. The van der Waals surface area contributed by atoms with Crippen LogP contribution in [0.1, 0.15) is 23.0 Å². The monoisotopic (exact) mass is 407 g/mol. The van der Waals surface area contributed by atoms with Gasteiger partial charge in [0.2, 0.25) is 5.91 Å². The Morgan fingerprint density at radius 1 is 1.17 bits per heavy atom. The van der Waals surface area contributed by atoms with Crippen LogP contribution in [-0.2, 0) is 22.3 Å². The van der Waals surface area contributed by atoms with Gasteiger partial charge in [-0.15, -0.1) is 0 Å². The van der Waals surface area contributed by atoms with Crippen LogP contribution in [-0.4, -0.2) is 38.0 Å². The summed E-state index contributed by atoms with van der Waals surface area (Å²) in [6.45, 7) is 1.27. The molecule has 152 valence electrons. The van der Waals surface area contributed by atoms with Crippen molar-refractivity contribution < 1.29 is 27.5 Å². The fourth-order valence-corrected chi connectivity index (χ4v) is 2.51. The van der Waals surface area contributed by atoms with Gasteiger partial charge in [-0.3, -0.25) is 9.48 Å². The number of esters is 1. The SMILES string of the molecule is CCOC(=O)c1cnn(-c2ccccc2)c1NC(=O)Cn1ccc(C(F)(F)F)n1. The van der Waals surface area contributed by atoms with Gasteiger partial charge in [-0.1, -0.05) is 18.2 Å². The van der Waals surface area contributed by atoms with E-state index in [2.05, 4.69) is 15.5 Å². The molecule has 3 rings (SSSR count). The number of amides is 1. The molecule has 2 heterocycles. The quantitative estimate of drug-likeness (QED) is 0.635. The molecule has 1 amide bonds. The smallest absolute Gasteiger partial charge is 0.435 e. The predicted octanol–water partition coefficient (Wildman–Crippen LogP) is 2.90. The van der Waals surface area contributed by atoms with Crippen molar-refractivity contribution in [1.82, 2.24) is 19.6 Å². The molecule has 1 aromatic carbocycles. The van der Waals surface area contributed by atoms with Gasteiger partial charge in [-0.2, -0.15) is 23.4 Å². The molecule has 0 unspecified atom stereocenters. The molecule has 0 atom stereocenters. The first-order valence-corrected chi connectivity index (χ1v) is 8.50. The molecule has 1 N–H and O–H groups in total. The summed E-state index contributed by atoms with van der Waals surface area (Å²) in [6, 6.07) is 9.46. The van der Waals surface area contributed by atoms with Crippen molar-refractivity contribution >= 4 is 17.7 Å². The molecule has 0 aliphatic carbocycles. The van der Waals surface area contributed by atoms with Crippen molar-refractivity contribution in [3.8, 4) is 5.69 Å². The zero-order valence-corrected chi connectivity index (χ0v) is 15.2. The maximum absolute atomic E-state index is 12.7. The molecule has 29 heavy (non-hydrogen) atoms. The summed E-state index contributed by atoms with van der Waals surface area (Å²) in [4.78, 5) is 24.6. The number of anilines is 1. The van der Waals surface area contributed by atoms with Crippen LogP contribution >= 0.6 is 0 Å². The Morgan fingerprint density at radius 3 is 2.52 bits per heavy atom. The van der Waals surface area contributed by atoms with E-state index in [0.29, 0.717) is 5.69 Å². The van der Waals surface area contributed by atoms with Crippen LogP contribution < -0.4 is 5.32 Å². The molecule has 0 bridgehead atoms. The summed E-state index contributed by atoms with van der Waals surface area (Å²) in [6.07, 6.45) is -2.32.